The van der Waals surface area contributed by atoms with Crippen molar-refractivity contribution in [2.24, 2.45) is 0 Å². The maximum absolute atomic E-state index is 6.93. The summed E-state index contributed by atoms with van der Waals surface area (Å²) < 4.78 is 15.7. The van der Waals surface area contributed by atoms with E-state index in [1.54, 1.807) is 0 Å². The van der Waals surface area contributed by atoms with Gasteiger partial charge in [-0.3, -0.25) is 0 Å². The van der Waals surface area contributed by atoms with E-state index in [0.29, 0.717) is 11.5 Å². The van der Waals surface area contributed by atoms with Crippen LogP contribution in [-0.4, -0.2) is 9.55 Å². The Morgan fingerprint density at radius 3 is 1.51 bits per heavy atom. The van der Waals surface area contributed by atoms with Gasteiger partial charge in [-0.25, -0.2) is 4.98 Å². The minimum atomic E-state index is -0.160. The Morgan fingerprint density at radius 2 is 0.941 bits per heavy atom. The molecule has 0 saturated carbocycles. The second-order valence-electron chi connectivity index (χ2n) is 29.6. The fourth-order valence-electron chi connectivity index (χ4n) is 11.8. The molecule has 8 aromatic carbocycles. The molecular weight excluding hydrogens is 1220 g/mol. The third-order valence-corrected chi connectivity index (χ3v) is 17.0. The zero-order chi connectivity index (χ0) is 59.8. The van der Waals surface area contributed by atoms with Crippen molar-refractivity contribution in [1.82, 2.24) is 9.55 Å². The van der Waals surface area contributed by atoms with Gasteiger partial charge in [0.1, 0.15) is 17.0 Å². The van der Waals surface area contributed by atoms with Gasteiger partial charge in [-0.15, -0.1) is 48.1 Å². The molecule has 6 nitrogen and oxygen atoms in total. The molecule has 0 saturated heterocycles. The van der Waals surface area contributed by atoms with E-state index < -0.39 is 0 Å². The van der Waals surface area contributed by atoms with Gasteiger partial charge in [0.15, 0.2) is 0 Å². The number of nitrogens with zero attached hydrogens (tertiary/aromatic N) is 4. The number of furan rings is 1. The average Bonchev–Trinajstić information content (AvgIpc) is 1.97. The minimum absolute atomic E-state index is 0. The second-order valence-corrected chi connectivity index (χ2v) is 29.6. The van der Waals surface area contributed by atoms with E-state index in [-0.39, 0.29) is 53.6 Å². The molecule has 0 spiro atoms. The van der Waals surface area contributed by atoms with Crippen LogP contribution < -0.4 is 14.5 Å². The predicted molar refractivity (Wildman–Crippen MR) is 355 cm³/mol. The van der Waals surface area contributed by atoms with E-state index in [1.807, 2.05) is 30.5 Å². The number of benzene rings is 8. The third-order valence-electron chi connectivity index (χ3n) is 17.0. The summed E-state index contributed by atoms with van der Waals surface area (Å²) in [6.07, 6.45) is 1.92. The number of para-hydroxylation sites is 3. The number of aromatic nitrogens is 2. The van der Waals surface area contributed by atoms with Crippen LogP contribution in [0.15, 0.2) is 162 Å². The normalized spacial score (nSPS) is 13.6. The van der Waals surface area contributed by atoms with E-state index in [0.717, 1.165) is 72.3 Å². The van der Waals surface area contributed by atoms with Crippen LogP contribution in [0.3, 0.4) is 0 Å². The first-order chi connectivity index (χ1) is 39.4. The first-order valence-corrected chi connectivity index (χ1v) is 29.9. The summed E-state index contributed by atoms with van der Waals surface area (Å²) >= 11 is 0. The van der Waals surface area contributed by atoms with Crippen LogP contribution in [0.1, 0.15) is 158 Å². The smallest absolute Gasteiger partial charge is 0.137 e. The van der Waals surface area contributed by atoms with Crippen LogP contribution in [0.4, 0.5) is 22.7 Å². The van der Waals surface area contributed by atoms with Gasteiger partial charge in [0, 0.05) is 72.3 Å². The van der Waals surface area contributed by atoms with Crippen LogP contribution in [0.2, 0.25) is 0 Å². The van der Waals surface area contributed by atoms with Gasteiger partial charge in [-0.05, 0) is 131 Å². The standard InChI is InChI=1S/C78H81N4O2.Pt/c1-73(2,3)50-34-35-79-69(44-50)82-66-46-58(30-31-59(66)60-32-33-68-70(72(60)82)61-26-19-22-29-67(61)84-68)83-57-25-23-24-56(45-57)80-47-81(65-28-21-20-27-64(65)80)71-62(48-36-51(74(4,5)6)40-52(37-48)75(7,8)9)42-55(78(16,17)18)43-63(71)49-38-53(76(10,11)12)41-54(39-49)77(13,14)15;/h19-44,47H,1-18H3;/q-3;. The van der Waals surface area contributed by atoms with Gasteiger partial charge >= 0.3 is 0 Å². The SMILES string of the molecule is CC(C)(C)c1cc(-c2cc(C(C)(C)C)cc(-c3cc(C(C)(C)C)cc(C(C)(C)C)c3)c2N2[CH-]N(c3[c-]c(Oc4[c-]c5c(cc4)c4ccc6oc7ccccc7c6c4n5-c4cc(C(C)(C)C)ccn4)ccc3)c3ccccc32)cc(C(C)(C)C)c1.[Pt]. The summed E-state index contributed by atoms with van der Waals surface area (Å²) in [7, 11) is 0. The molecule has 0 radical (unpaired) electrons. The molecule has 7 heteroatoms. The number of anilines is 4. The Kier molecular flexibility index (Phi) is 14.6. The van der Waals surface area contributed by atoms with Crippen molar-refractivity contribution >= 4 is 66.5 Å². The van der Waals surface area contributed by atoms with Crippen molar-refractivity contribution in [3.05, 3.63) is 210 Å². The second kappa shape index (κ2) is 20.9. The Morgan fingerprint density at radius 1 is 0.435 bits per heavy atom. The molecule has 12 rings (SSSR count). The molecule has 0 fully saturated rings. The Labute approximate surface area is 519 Å². The van der Waals surface area contributed by atoms with Crippen molar-refractivity contribution in [2.45, 2.75) is 157 Å². The molecule has 1 aliphatic heterocycles. The zero-order valence-corrected chi connectivity index (χ0v) is 55.3. The summed E-state index contributed by atoms with van der Waals surface area (Å²) in [6.45, 7) is 44.0. The van der Waals surface area contributed by atoms with Crippen LogP contribution in [-0.2, 0) is 53.6 Å². The van der Waals surface area contributed by atoms with E-state index in [9.17, 15) is 0 Å². The largest absolute Gasteiger partial charge is 0.509 e. The quantitative estimate of drug-likeness (QED) is 0.149. The molecule has 3 aromatic heterocycles. The third kappa shape index (κ3) is 11.0. The first-order valence-electron chi connectivity index (χ1n) is 29.9. The van der Waals surface area contributed by atoms with Gasteiger partial charge in [0.25, 0.3) is 0 Å². The molecule has 0 atom stereocenters. The first kappa shape index (κ1) is 59.3. The number of ether oxygens (including phenoxy) is 1. The average molecular weight is 1300 g/mol. The summed E-state index contributed by atoms with van der Waals surface area (Å²) in [5, 5.41) is 4.23. The molecule has 4 heterocycles. The van der Waals surface area contributed by atoms with Crippen LogP contribution in [0.25, 0.3) is 71.8 Å². The van der Waals surface area contributed by atoms with Crippen molar-refractivity contribution in [1.29, 1.82) is 0 Å². The van der Waals surface area contributed by atoms with E-state index in [1.165, 1.54) is 55.6 Å². The number of hydrogen-bond donors (Lipinski definition) is 0. The van der Waals surface area contributed by atoms with E-state index in [4.69, 9.17) is 14.1 Å². The maximum Gasteiger partial charge on any atom is 0.137 e. The summed E-state index contributed by atoms with van der Waals surface area (Å²) in [5.74, 6) is 1.95. The molecule has 0 N–H and O–H groups in total. The fourth-order valence-corrected chi connectivity index (χ4v) is 11.8. The van der Waals surface area contributed by atoms with Gasteiger partial charge in [-0.1, -0.05) is 203 Å². The Hall–Kier alpha value is -7.40. The Bertz CT molecular complexity index is 4240. The Balaban J connectivity index is 0.00000752. The monoisotopic (exact) mass is 1300 g/mol. The van der Waals surface area contributed by atoms with Crippen molar-refractivity contribution in [2.75, 3.05) is 9.80 Å². The van der Waals surface area contributed by atoms with Crippen LogP contribution in [0, 0.1) is 18.8 Å². The number of rotatable bonds is 7. The molecular formula is C78H81N4O2Pt-3. The molecule has 0 aliphatic carbocycles. The molecule has 85 heavy (non-hydrogen) atoms. The number of hydrogen-bond acceptors (Lipinski definition) is 5. The summed E-state index contributed by atoms with van der Waals surface area (Å²) in [5.41, 5.74) is 19.5. The molecule has 1 aliphatic rings. The summed E-state index contributed by atoms with van der Waals surface area (Å²) in [4.78, 5) is 9.76. The molecule has 0 amide bonds. The minimum Gasteiger partial charge on any atom is -0.509 e. The molecule has 438 valence electrons. The topological polar surface area (TPSA) is 46.7 Å². The predicted octanol–water partition coefficient (Wildman–Crippen LogP) is 22.0. The van der Waals surface area contributed by atoms with E-state index in [2.05, 4.69) is 285 Å². The van der Waals surface area contributed by atoms with Crippen molar-refractivity contribution in [3.8, 4) is 39.6 Å². The fraction of sp³-hybridized carbons (Fsp3) is 0.308. The van der Waals surface area contributed by atoms with Crippen molar-refractivity contribution in [3.63, 3.8) is 0 Å². The maximum atomic E-state index is 6.93. The van der Waals surface area contributed by atoms with Gasteiger partial charge in [0.05, 0.1) is 10.9 Å². The molecule has 0 bridgehead atoms. The number of fused-ring (bicyclic) bond motifs is 8. The van der Waals surface area contributed by atoms with Gasteiger partial charge < -0.3 is 23.5 Å². The van der Waals surface area contributed by atoms with Crippen molar-refractivity contribution < 1.29 is 30.2 Å². The number of pyridine rings is 1. The van der Waals surface area contributed by atoms with Gasteiger partial charge in [0.2, 0.25) is 0 Å². The van der Waals surface area contributed by atoms with Gasteiger partial charge in [-0.2, -0.15) is 12.1 Å². The van der Waals surface area contributed by atoms with E-state index >= 15 is 0 Å². The molecule has 0 unspecified atom stereocenters. The zero-order valence-electron chi connectivity index (χ0n) is 53.0. The van der Waals surface area contributed by atoms with Crippen LogP contribution >= 0.6 is 0 Å². The summed E-state index contributed by atoms with van der Waals surface area (Å²) in [6, 6.07) is 63.1. The molecule has 11 aromatic rings. The van der Waals surface area contributed by atoms with Crippen LogP contribution in [0.5, 0.6) is 11.5 Å².